The Morgan fingerprint density at radius 3 is 1.26 bits per heavy atom. The topological polar surface area (TPSA) is 157 Å². The molecule has 0 aliphatic carbocycles. The van der Waals surface area contributed by atoms with Gasteiger partial charge in [-0.3, -0.25) is 0 Å². The molecule has 0 saturated carbocycles. The number of imide groups is 1. The monoisotopic (exact) mass is 1100 g/mol. The number of pyridine rings is 2. The largest absolute Gasteiger partial charge is 0.573 e. The van der Waals surface area contributed by atoms with Gasteiger partial charge in [0.05, 0.1) is 13.1 Å². The Labute approximate surface area is 440 Å². The van der Waals surface area contributed by atoms with E-state index in [2.05, 4.69) is 24.4 Å². The number of hydrogen-bond donors (Lipinski definition) is 1. The molecular formula is C54H50F10N8O6. The van der Waals surface area contributed by atoms with E-state index in [0.717, 1.165) is 18.2 Å². The third-order valence-electron chi connectivity index (χ3n) is 11.7. The number of nitrogens with two attached hydrogens (primary N) is 1. The van der Waals surface area contributed by atoms with E-state index in [1.165, 1.54) is 115 Å². The lowest BCUT2D eigenvalue weighted by atomic mass is 9.82. The summed E-state index contributed by atoms with van der Waals surface area (Å²) in [7, 11) is 3.22. The zero-order valence-electron chi connectivity index (χ0n) is 42.9. The van der Waals surface area contributed by atoms with Crippen LogP contribution in [0, 0.1) is 23.5 Å². The van der Waals surface area contributed by atoms with Crippen LogP contribution in [0.1, 0.15) is 63.8 Å². The number of nitrogens with zero attached hydrogens (tertiary/aromatic N) is 7. The summed E-state index contributed by atoms with van der Waals surface area (Å²) in [5, 5.41) is 0. The highest BCUT2D eigenvalue weighted by Gasteiger charge is 2.48. The van der Waals surface area contributed by atoms with Crippen LogP contribution in [0.15, 0.2) is 132 Å². The molecule has 2 aliphatic heterocycles. The summed E-state index contributed by atoms with van der Waals surface area (Å²) in [6.07, 6.45) is -9.52. The summed E-state index contributed by atoms with van der Waals surface area (Å²) >= 11 is 0. The molecule has 6 aromatic rings. The number of rotatable bonds is 8. The third kappa shape index (κ3) is 13.0. The van der Waals surface area contributed by atoms with E-state index in [-0.39, 0.29) is 58.4 Å². The standard InChI is InChI=1S/C32H33F5N4O5.C22H17F5N4O/c1-29(2,3)45-27(42)41(28(43)46-30(4,5)6)26-39-31(18-40(26)7,19-10-13-21(14-11-19)44-32(35,36)37)20-12-15-24(33)23(17-20)22-9-8-16-38-25(22)34;1-31-12-21(30-20(31)28,13-4-7-15(8-5-13)32-22(25,26)27)14-6-9-18(23)17(11-14)16-3-2-10-29-19(16)24/h8-17H,18H2,1-7H3;2-11H,12H2,1H3,(H2,28,30). The molecule has 0 radical (unpaired) electrons. The molecule has 4 heterocycles. The van der Waals surface area contributed by atoms with Gasteiger partial charge in [0.2, 0.25) is 17.9 Å². The maximum atomic E-state index is 15.2. The van der Waals surface area contributed by atoms with Crippen molar-refractivity contribution < 1.29 is 72.4 Å². The van der Waals surface area contributed by atoms with Crippen molar-refractivity contribution in [2.24, 2.45) is 15.7 Å². The number of hydrogen-bond acceptors (Lipinski definition) is 13. The average molecular weight is 1100 g/mol. The highest BCUT2D eigenvalue weighted by molar-refractivity contribution is 6.08. The van der Waals surface area contributed by atoms with Gasteiger partial charge < -0.3 is 34.5 Å². The molecule has 2 atom stereocenters. The minimum absolute atomic E-state index is 0.0205. The Kier molecular flexibility index (Phi) is 15.8. The first-order valence-corrected chi connectivity index (χ1v) is 23.5. The normalized spacial score (nSPS) is 17.6. The van der Waals surface area contributed by atoms with Gasteiger partial charge in [-0.15, -0.1) is 31.2 Å². The molecule has 2 N–H and O–H groups in total. The Balaban J connectivity index is 0.000000241. The molecule has 14 nitrogen and oxygen atoms in total. The van der Waals surface area contributed by atoms with Crippen LogP contribution in [0.4, 0.5) is 53.5 Å². The number of ether oxygens (including phenoxy) is 4. The van der Waals surface area contributed by atoms with Gasteiger partial charge in [-0.25, -0.2) is 38.3 Å². The fourth-order valence-corrected chi connectivity index (χ4v) is 8.49. The van der Waals surface area contributed by atoms with Crippen molar-refractivity contribution >= 4 is 24.1 Å². The van der Waals surface area contributed by atoms with Gasteiger partial charge in [-0.1, -0.05) is 36.4 Å². The van der Waals surface area contributed by atoms with Crippen molar-refractivity contribution in [1.82, 2.24) is 24.7 Å². The van der Waals surface area contributed by atoms with Crippen LogP contribution in [-0.2, 0) is 20.6 Å². The second-order valence-corrected chi connectivity index (χ2v) is 19.8. The van der Waals surface area contributed by atoms with E-state index in [1.807, 2.05) is 0 Å². The van der Waals surface area contributed by atoms with Crippen LogP contribution in [0.5, 0.6) is 11.5 Å². The molecule has 2 amide bonds. The Bertz CT molecular complexity index is 3230. The van der Waals surface area contributed by atoms with E-state index in [9.17, 15) is 49.1 Å². The Morgan fingerprint density at radius 1 is 0.538 bits per heavy atom. The summed E-state index contributed by atoms with van der Waals surface area (Å²) in [4.78, 5) is 47.2. The summed E-state index contributed by atoms with van der Waals surface area (Å²) in [5.74, 6) is -4.14. The van der Waals surface area contributed by atoms with E-state index < -0.39 is 82.2 Å². The highest BCUT2D eigenvalue weighted by atomic mass is 19.4. The fraction of sp³-hybridized carbons (Fsp3) is 0.296. The summed E-state index contributed by atoms with van der Waals surface area (Å²) in [5.41, 5.74) is 2.37. The number of benzene rings is 4. The van der Waals surface area contributed by atoms with Crippen molar-refractivity contribution in [2.45, 2.75) is 76.5 Å². The molecular weight excluding hydrogens is 1050 g/mol. The lowest BCUT2D eigenvalue weighted by molar-refractivity contribution is -0.275. The molecule has 24 heteroatoms. The van der Waals surface area contributed by atoms with Crippen LogP contribution in [0.25, 0.3) is 22.3 Å². The third-order valence-corrected chi connectivity index (χ3v) is 11.7. The molecule has 2 aromatic heterocycles. The highest BCUT2D eigenvalue weighted by Crippen LogP contribution is 2.44. The van der Waals surface area contributed by atoms with Crippen LogP contribution < -0.4 is 15.2 Å². The van der Waals surface area contributed by atoms with Crippen molar-refractivity contribution in [1.29, 1.82) is 0 Å². The van der Waals surface area contributed by atoms with Crippen molar-refractivity contribution in [2.75, 3.05) is 27.2 Å². The van der Waals surface area contributed by atoms with E-state index in [4.69, 9.17) is 20.2 Å². The smallest absolute Gasteiger partial charge is 0.443 e. The first kappa shape index (κ1) is 57.3. The van der Waals surface area contributed by atoms with Crippen LogP contribution in [0.3, 0.4) is 0 Å². The van der Waals surface area contributed by atoms with E-state index in [0.29, 0.717) is 16.0 Å². The van der Waals surface area contributed by atoms with Crippen LogP contribution in [0.2, 0.25) is 0 Å². The van der Waals surface area contributed by atoms with Gasteiger partial charge in [0.25, 0.3) is 0 Å². The second-order valence-electron chi connectivity index (χ2n) is 19.8. The molecule has 412 valence electrons. The number of halogens is 10. The summed E-state index contributed by atoms with van der Waals surface area (Å²) < 4.78 is 154. The van der Waals surface area contributed by atoms with Crippen molar-refractivity contribution in [3.63, 3.8) is 0 Å². The molecule has 0 spiro atoms. The number of carbonyl (C=O) groups is 2. The lowest BCUT2D eigenvalue weighted by Gasteiger charge is -2.30. The maximum Gasteiger partial charge on any atom is 0.573 e. The zero-order chi connectivity index (χ0) is 57.3. The van der Waals surface area contributed by atoms with Crippen molar-refractivity contribution in [3.8, 4) is 33.8 Å². The SMILES string of the molecule is CN1CC(c2ccc(OC(F)(F)F)cc2)(c2ccc(F)c(-c3cccnc3F)c2)N=C1N.CN1CC(c2ccc(OC(F)(F)F)cc2)(c2ccc(F)c(-c3cccnc3F)c2)N=C1N(C(=O)OC(C)(C)C)C(=O)OC(C)(C)C. The molecule has 78 heavy (non-hydrogen) atoms. The average Bonchev–Trinajstić information content (AvgIpc) is 4.06. The van der Waals surface area contributed by atoms with Gasteiger partial charge in [0.1, 0.15) is 45.4 Å². The van der Waals surface area contributed by atoms with Crippen LogP contribution >= 0.6 is 0 Å². The Morgan fingerprint density at radius 2 is 0.910 bits per heavy atom. The number of alkyl halides is 6. The van der Waals surface area contributed by atoms with Gasteiger partial charge in [-0.2, -0.15) is 8.78 Å². The summed E-state index contributed by atoms with van der Waals surface area (Å²) in [6, 6.07) is 23.6. The molecule has 2 aliphatic rings. The van der Waals surface area contributed by atoms with Gasteiger partial charge in [-0.05, 0) is 137 Å². The number of aliphatic imine (C=N–C) groups is 2. The predicted molar refractivity (Wildman–Crippen MR) is 266 cm³/mol. The van der Waals surface area contributed by atoms with Gasteiger partial charge in [0.15, 0.2) is 5.96 Å². The number of carbonyl (C=O) groups excluding carboxylic acids is 2. The number of amides is 2. The quantitative estimate of drug-likeness (QED) is 0.114. The van der Waals surface area contributed by atoms with Gasteiger partial charge in [0, 0.05) is 48.7 Å². The number of aromatic nitrogens is 2. The number of guanidine groups is 2. The first-order chi connectivity index (χ1) is 36.3. The van der Waals surface area contributed by atoms with Gasteiger partial charge >= 0.3 is 24.9 Å². The molecule has 0 saturated heterocycles. The number of likely N-dealkylation sites (N-methyl/N-ethyl adjacent to an activating group) is 2. The van der Waals surface area contributed by atoms with E-state index >= 15 is 4.39 Å². The summed E-state index contributed by atoms with van der Waals surface area (Å²) in [6.45, 7) is 9.74. The molecule has 4 aromatic carbocycles. The fourth-order valence-electron chi connectivity index (χ4n) is 8.49. The molecule has 0 fully saturated rings. The first-order valence-electron chi connectivity index (χ1n) is 23.5. The zero-order valence-corrected chi connectivity index (χ0v) is 42.9. The molecule has 2 unspecified atom stereocenters. The maximum absolute atomic E-state index is 15.2. The second kappa shape index (κ2) is 21.5. The van der Waals surface area contributed by atoms with Crippen LogP contribution in [-0.4, -0.2) is 99.9 Å². The van der Waals surface area contributed by atoms with E-state index in [1.54, 1.807) is 53.5 Å². The predicted octanol–water partition coefficient (Wildman–Crippen LogP) is 12.1. The molecule has 0 bridgehead atoms. The molecule has 8 rings (SSSR count). The minimum Gasteiger partial charge on any atom is -0.443 e. The minimum atomic E-state index is -4.95. The Hall–Kier alpha value is -8.44. The lowest BCUT2D eigenvalue weighted by Crippen LogP contribution is -2.50. The van der Waals surface area contributed by atoms with Crippen molar-refractivity contribution in [3.05, 3.63) is 167 Å².